The van der Waals surface area contributed by atoms with E-state index in [2.05, 4.69) is 34.1 Å². The lowest BCUT2D eigenvalue weighted by Gasteiger charge is -2.21. The van der Waals surface area contributed by atoms with Crippen molar-refractivity contribution >= 4 is 11.5 Å². The summed E-state index contributed by atoms with van der Waals surface area (Å²) in [5.74, 6) is 2.19. The quantitative estimate of drug-likeness (QED) is 0.916. The van der Waals surface area contributed by atoms with Gasteiger partial charge in [0.05, 0.1) is 6.61 Å². The number of rotatable bonds is 5. The van der Waals surface area contributed by atoms with Gasteiger partial charge in [-0.2, -0.15) is 0 Å². The number of benzene rings is 1. The van der Waals surface area contributed by atoms with Gasteiger partial charge >= 0.3 is 0 Å². The highest BCUT2D eigenvalue weighted by Gasteiger charge is 2.30. The summed E-state index contributed by atoms with van der Waals surface area (Å²) in [7, 11) is 0. The van der Waals surface area contributed by atoms with Crippen molar-refractivity contribution < 1.29 is 4.74 Å². The molecule has 0 radical (unpaired) electrons. The predicted octanol–water partition coefficient (Wildman–Crippen LogP) is 3.06. The summed E-state index contributed by atoms with van der Waals surface area (Å²) in [6.07, 6.45) is 2.81. The van der Waals surface area contributed by atoms with E-state index in [9.17, 15) is 0 Å². The maximum atomic E-state index is 5.77. The number of pyridine rings is 1. The molecule has 0 amide bonds. The Labute approximate surface area is 125 Å². The normalized spacial score (nSPS) is 16.9. The van der Waals surface area contributed by atoms with E-state index in [1.807, 2.05) is 25.3 Å². The molecule has 2 aromatic rings. The highest BCUT2D eigenvalue weighted by molar-refractivity contribution is 5.72. The van der Waals surface area contributed by atoms with Crippen molar-refractivity contribution in [3.8, 4) is 5.75 Å². The lowest BCUT2D eigenvalue weighted by molar-refractivity contribution is 0.339. The minimum Gasteiger partial charge on any atom is -0.490 e. The molecule has 0 aliphatic carbocycles. The van der Waals surface area contributed by atoms with E-state index in [4.69, 9.17) is 10.5 Å². The molecular weight excluding hydrogens is 262 g/mol. The molecule has 2 heterocycles. The van der Waals surface area contributed by atoms with Gasteiger partial charge in [-0.15, -0.1) is 0 Å². The van der Waals surface area contributed by atoms with Gasteiger partial charge in [0.1, 0.15) is 0 Å². The van der Waals surface area contributed by atoms with Crippen LogP contribution in [0.3, 0.4) is 0 Å². The standard InChI is InChI=1S/C17H21N3O/c1-2-21-16-8-5-11-19-17(16)20-12-13(9-10-18)14-6-3-4-7-15(14)20/h3-8,11,13H,2,9-10,12,18H2,1H3. The first-order chi connectivity index (χ1) is 10.3. The highest BCUT2D eigenvalue weighted by atomic mass is 16.5. The first kappa shape index (κ1) is 13.9. The molecule has 1 aromatic carbocycles. The van der Waals surface area contributed by atoms with Crippen LogP contribution in [-0.4, -0.2) is 24.7 Å². The lowest BCUT2D eigenvalue weighted by Crippen LogP contribution is -2.19. The Morgan fingerprint density at radius 1 is 1.29 bits per heavy atom. The van der Waals surface area contributed by atoms with Crippen molar-refractivity contribution in [2.75, 3.05) is 24.6 Å². The van der Waals surface area contributed by atoms with Crippen LogP contribution in [0.25, 0.3) is 0 Å². The summed E-state index contributed by atoms with van der Waals surface area (Å²) in [5, 5.41) is 0. The van der Waals surface area contributed by atoms with Crippen molar-refractivity contribution in [3.63, 3.8) is 0 Å². The average molecular weight is 283 g/mol. The molecule has 0 fully saturated rings. The Kier molecular flexibility index (Phi) is 4.06. The van der Waals surface area contributed by atoms with Crippen LogP contribution in [0.2, 0.25) is 0 Å². The van der Waals surface area contributed by atoms with Gasteiger partial charge in [-0.25, -0.2) is 4.98 Å². The van der Waals surface area contributed by atoms with Gasteiger partial charge in [0.15, 0.2) is 11.6 Å². The first-order valence-corrected chi connectivity index (χ1v) is 7.49. The van der Waals surface area contributed by atoms with Gasteiger partial charge in [-0.3, -0.25) is 0 Å². The van der Waals surface area contributed by atoms with Crippen molar-refractivity contribution in [1.29, 1.82) is 0 Å². The summed E-state index contributed by atoms with van der Waals surface area (Å²) in [6, 6.07) is 12.4. The van der Waals surface area contributed by atoms with Gasteiger partial charge in [0, 0.05) is 24.3 Å². The van der Waals surface area contributed by atoms with Crippen LogP contribution in [0.5, 0.6) is 5.75 Å². The molecule has 1 unspecified atom stereocenters. The number of fused-ring (bicyclic) bond motifs is 1. The summed E-state index contributed by atoms with van der Waals surface area (Å²) in [5.41, 5.74) is 8.34. The molecule has 1 atom stereocenters. The Morgan fingerprint density at radius 3 is 2.95 bits per heavy atom. The fourth-order valence-corrected chi connectivity index (χ4v) is 3.00. The Morgan fingerprint density at radius 2 is 2.14 bits per heavy atom. The summed E-state index contributed by atoms with van der Waals surface area (Å²) in [6.45, 7) is 4.24. The lowest BCUT2D eigenvalue weighted by atomic mass is 9.98. The molecule has 21 heavy (non-hydrogen) atoms. The second kappa shape index (κ2) is 6.14. The molecule has 2 N–H and O–H groups in total. The fourth-order valence-electron chi connectivity index (χ4n) is 3.00. The second-order valence-electron chi connectivity index (χ2n) is 5.20. The van der Waals surface area contributed by atoms with Crippen LogP contribution in [-0.2, 0) is 0 Å². The molecule has 3 rings (SSSR count). The summed E-state index contributed by atoms with van der Waals surface area (Å²) >= 11 is 0. The first-order valence-electron chi connectivity index (χ1n) is 7.49. The molecule has 4 nitrogen and oxygen atoms in total. The van der Waals surface area contributed by atoms with Crippen LogP contribution in [0, 0.1) is 0 Å². The molecular formula is C17H21N3O. The number of ether oxygens (including phenoxy) is 1. The van der Waals surface area contributed by atoms with Crippen LogP contribution in [0.1, 0.15) is 24.8 Å². The van der Waals surface area contributed by atoms with Crippen LogP contribution >= 0.6 is 0 Å². The summed E-state index contributed by atoms with van der Waals surface area (Å²) < 4.78 is 5.73. The maximum absolute atomic E-state index is 5.77. The number of nitrogens with zero attached hydrogens (tertiary/aromatic N) is 2. The summed E-state index contributed by atoms with van der Waals surface area (Å²) in [4.78, 5) is 6.79. The molecule has 1 aliphatic heterocycles. The Bertz CT molecular complexity index is 614. The molecule has 0 saturated carbocycles. The zero-order valence-electron chi connectivity index (χ0n) is 12.3. The van der Waals surface area contributed by atoms with Gasteiger partial charge in [0.25, 0.3) is 0 Å². The van der Waals surface area contributed by atoms with E-state index in [-0.39, 0.29) is 0 Å². The van der Waals surface area contributed by atoms with E-state index in [0.29, 0.717) is 19.1 Å². The van der Waals surface area contributed by atoms with Gasteiger partial charge in [0.2, 0.25) is 0 Å². The highest BCUT2D eigenvalue weighted by Crippen LogP contribution is 2.43. The fraction of sp³-hybridized carbons (Fsp3) is 0.353. The van der Waals surface area contributed by atoms with Crippen LogP contribution < -0.4 is 15.4 Å². The minimum absolute atomic E-state index is 0.461. The third-order valence-corrected chi connectivity index (χ3v) is 3.89. The number of para-hydroxylation sites is 1. The zero-order chi connectivity index (χ0) is 14.7. The van der Waals surface area contributed by atoms with Crippen LogP contribution in [0.15, 0.2) is 42.6 Å². The Balaban J connectivity index is 2.00. The molecule has 0 bridgehead atoms. The molecule has 0 spiro atoms. The van der Waals surface area contributed by atoms with E-state index >= 15 is 0 Å². The molecule has 0 saturated heterocycles. The molecule has 1 aliphatic rings. The maximum Gasteiger partial charge on any atom is 0.175 e. The zero-order valence-corrected chi connectivity index (χ0v) is 12.3. The minimum atomic E-state index is 0.461. The number of hydrogen-bond acceptors (Lipinski definition) is 4. The molecule has 110 valence electrons. The third-order valence-electron chi connectivity index (χ3n) is 3.89. The number of aromatic nitrogens is 1. The SMILES string of the molecule is CCOc1cccnc1N1CC(CCN)c2ccccc21. The van der Waals surface area contributed by atoms with Crippen molar-refractivity contribution in [1.82, 2.24) is 4.98 Å². The third kappa shape index (κ3) is 2.59. The van der Waals surface area contributed by atoms with Crippen molar-refractivity contribution in [2.45, 2.75) is 19.3 Å². The number of anilines is 2. The van der Waals surface area contributed by atoms with E-state index in [1.54, 1.807) is 0 Å². The van der Waals surface area contributed by atoms with E-state index < -0.39 is 0 Å². The van der Waals surface area contributed by atoms with Crippen molar-refractivity contribution in [3.05, 3.63) is 48.2 Å². The predicted molar refractivity (Wildman–Crippen MR) is 85.3 cm³/mol. The molecule has 4 heteroatoms. The van der Waals surface area contributed by atoms with Gasteiger partial charge in [-0.1, -0.05) is 18.2 Å². The second-order valence-corrected chi connectivity index (χ2v) is 5.20. The monoisotopic (exact) mass is 283 g/mol. The van der Waals surface area contributed by atoms with Gasteiger partial charge < -0.3 is 15.4 Å². The van der Waals surface area contributed by atoms with Crippen LogP contribution in [0.4, 0.5) is 11.5 Å². The number of nitrogens with two attached hydrogens (primary N) is 1. The Hall–Kier alpha value is -2.07. The van der Waals surface area contributed by atoms with E-state index in [1.165, 1.54) is 11.3 Å². The topological polar surface area (TPSA) is 51.4 Å². The van der Waals surface area contributed by atoms with E-state index in [0.717, 1.165) is 24.5 Å². The molecule has 1 aromatic heterocycles. The average Bonchev–Trinajstić information content (AvgIpc) is 2.88. The smallest absolute Gasteiger partial charge is 0.175 e. The van der Waals surface area contributed by atoms with Gasteiger partial charge in [-0.05, 0) is 43.7 Å². The number of hydrogen-bond donors (Lipinski definition) is 1. The van der Waals surface area contributed by atoms with Crippen molar-refractivity contribution in [2.24, 2.45) is 5.73 Å². The largest absolute Gasteiger partial charge is 0.490 e.